The Labute approximate surface area is 68.0 Å². The highest BCUT2D eigenvalue weighted by Gasteiger charge is 2.07. The molecule has 0 saturated carbocycles. The van der Waals surface area contributed by atoms with Crippen LogP contribution in [0.3, 0.4) is 0 Å². The van der Waals surface area contributed by atoms with Gasteiger partial charge in [-0.05, 0) is 16.5 Å². The van der Waals surface area contributed by atoms with Crippen LogP contribution in [-0.2, 0) is 6.54 Å². The maximum absolute atomic E-state index is 5.40. The molecule has 6 heteroatoms. The molecule has 2 rings (SSSR count). The number of hydrogen-bond acceptors (Lipinski definition) is 5. The van der Waals surface area contributed by atoms with E-state index in [0.29, 0.717) is 11.7 Å². The fourth-order valence-electron chi connectivity index (χ4n) is 0.895. The molecule has 62 valence electrons. The summed E-state index contributed by atoms with van der Waals surface area (Å²) < 4.78 is 6.54. The summed E-state index contributed by atoms with van der Waals surface area (Å²) in [6.07, 6.45) is 1.55. The van der Waals surface area contributed by atoms with Crippen LogP contribution in [-0.4, -0.2) is 20.2 Å². The minimum Gasteiger partial charge on any atom is -0.447 e. The lowest BCUT2D eigenvalue weighted by atomic mass is 10.5. The first-order chi connectivity index (χ1) is 5.92. The predicted molar refractivity (Wildman–Crippen MR) is 39.3 cm³/mol. The van der Waals surface area contributed by atoms with Gasteiger partial charge in [-0.25, -0.2) is 0 Å². The minimum absolute atomic E-state index is 0.285. The summed E-state index contributed by atoms with van der Waals surface area (Å²) in [7, 11) is 0. The molecule has 0 spiro atoms. The molecule has 2 aromatic rings. The van der Waals surface area contributed by atoms with Crippen molar-refractivity contribution in [3.8, 4) is 5.88 Å². The van der Waals surface area contributed by atoms with Crippen LogP contribution in [0.15, 0.2) is 22.8 Å². The Bertz CT molecular complexity index is 352. The van der Waals surface area contributed by atoms with Crippen molar-refractivity contribution in [3.05, 3.63) is 24.2 Å². The predicted octanol–water partition coefficient (Wildman–Crippen LogP) is -0.286. The van der Waals surface area contributed by atoms with Crippen LogP contribution in [0.5, 0.6) is 0 Å². The van der Waals surface area contributed by atoms with Gasteiger partial charge in [0.25, 0.3) is 0 Å². The lowest BCUT2D eigenvalue weighted by molar-refractivity contribution is 0.510. The van der Waals surface area contributed by atoms with E-state index in [9.17, 15) is 0 Å². The van der Waals surface area contributed by atoms with Gasteiger partial charge in [-0.15, -0.1) is 5.10 Å². The number of rotatable bonds is 2. The number of nitrogens with two attached hydrogens (primary N) is 1. The quantitative estimate of drug-likeness (QED) is 0.661. The molecule has 6 nitrogen and oxygen atoms in total. The second-order valence-corrected chi connectivity index (χ2v) is 2.16. The second-order valence-electron chi connectivity index (χ2n) is 2.16. The van der Waals surface area contributed by atoms with Crippen LogP contribution >= 0.6 is 0 Å². The third kappa shape index (κ3) is 0.978. The van der Waals surface area contributed by atoms with Crippen molar-refractivity contribution in [2.75, 3.05) is 0 Å². The van der Waals surface area contributed by atoms with E-state index in [1.807, 2.05) is 0 Å². The van der Waals surface area contributed by atoms with E-state index >= 15 is 0 Å². The van der Waals surface area contributed by atoms with Crippen molar-refractivity contribution in [2.45, 2.75) is 6.54 Å². The second kappa shape index (κ2) is 2.74. The zero-order valence-corrected chi connectivity index (χ0v) is 6.21. The van der Waals surface area contributed by atoms with E-state index in [1.54, 1.807) is 18.4 Å². The number of aromatic nitrogens is 4. The molecule has 0 bridgehead atoms. The van der Waals surface area contributed by atoms with Crippen molar-refractivity contribution in [2.24, 2.45) is 5.73 Å². The maximum Gasteiger partial charge on any atom is 0.222 e. The summed E-state index contributed by atoms with van der Waals surface area (Å²) in [6, 6.07) is 3.52. The molecule has 0 fully saturated rings. The van der Waals surface area contributed by atoms with Gasteiger partial charge in [0.05, 0.1) is 12.8 Å². The van der Waals surface area contributed by atoms with Gasteiger partial charge in [0, 0.05) is 6.07 Å². The Morgan fingerprint density at radius 2 is 2.50 bits per heavy atom. The largest absolute Gasteiger partial charge is 0.447 e. The Morgan fingerprint density at radius 1 is 1.58 bits per heavy atom. The Kier molecular flexibility index (Phi) is 1.60. The van der Waals surface area contributed by atoms with Crippen LogP contribution in [0.4, 0.5) is 0 Å². The summed E-state index contributed by atoms with van der Waals surface area (Å²) in [4.78, 5) is 0. The van der Waals surface area contributed by atoms with Crippen molar-refractivity contribution in [1.29, 1.82) is 0 Å². The zero-order chi connectivity index (χ0) is 8.39. The van der Waals surface area contributed by atoms with Crippen LogP contribution < -0.4 is 5.73 Å². The standard InChI is InChI=1S/C6H7N5O/c7-4-5-8-9-10-11(5)6-2-1-3-12-6/h1-3H,4,7H2. The fourth-order valence-corrected chi connectivity index (χ4v) is 0.895. The van der Waals surface area contributed by atoms with Gasteiger partial charge in [0.15, 0.2) is 5.82 Å². The van der Waals surface area contributed by atoms with Gasteiger partial charge >= 0.3 is 0 Å². The average molecular weight is 165 g/mol. The monoisotopic (exact) mass is 165 g/mol. The van der Waals surface area contributed by atoms with E-state index in [1.165, 1.54) is 4.68 Å². The van der Waals surface area contributed by atoms with Crippen LogP contribution in [0.1, 0.15) is 5.82 Å². The maximum atomic E-state index is 5.40. The molecule has 0 saturated heterocycles. The Morgan fingerprint density at radius 3 is 3.17 bits per heavy atom. The summed E-state index contributed by atoms with van der Waals surface area (Å²) in [5.74, 6) is 1.14. The van der Waals surface area contributed by atoms with Crippen molar-refractivity contribution < 1.29 is 4.42 Å². The molecule has 0 aliphatic rings. The van der Waals surface area contributed by atoms with Crippen molar-refractivity contribution in [1.82, 2.24) is 20.2 Å². The van der Waals surface area contributed by atoms with Crippen molar-refractivity contribution in [3.63, 3.8) is 0 Å². The van der Waals surface area contributed by atoms with Gasteiger partial charge in [0.2, 0.25) is 5.88 Å². The number of furan rings is 1. The smallest absolute Gasteiger partial charge is 0.222 e. The lowest BCUT2D eigenvalue weighted by Gasteiger charge is -1.95. The van der Waals surface area contributed by atoms with E-state index in [-0.39, 0.29) is 6.54 Å². The molecule has 0 atom stereocenters. The first kappa shape index (κ1) is 6.99. The van der Waals surface area contributed by atoms with Crippen LogP contribution in [0, 0.1) is 0 Å². The van der Waals surface area contributed by atoms with Crippen LogP contribution in [0.2, 0.25) is 0 Å². The molecule has 12 heavy (non-hydrogen) atoms. The molecule has 0 radical (unpaired) electrons. The molecule has 2 aromatic heterocycles. The highest BCUT2D eigenvalue weighted by Crippen LogP contribution is 2.06. The first-order valence-electron chi connectivity index (χ1n) is 3.43. The third-order valence-corrected chi connectivity index (χ3v) is 1.43. The molecular formula is C6H7N5O. The average Bonchev–Trinajstić information content (AvgIpc) is 2.74. The van der Waals surface area contributed by atoms with Gasteiger partial charge in [-0.3, -0.25) is 0 Å². The Balaban J connectivity index is 2.46. The molecule has 0 aliphatic carbocycles. The van der Waals surface area contributed by atoms with Crippen molar-refractivity contribution >= 4 is 0 Å². The molecule has 0 amide bonds. The summed E-state index contributed by atoms with van der Waals surface area (Å²) in [5.41, 5.74) is 5.40. The van der Waals surface area contributed by atoms with Gasteiger partial charge < -0.3 is 10.2 Å². The topological polar surface area (TPSA) is 82.8 Å². The summed E-state index contributed by atoms with van der Waals surface area (Å²) in [5, 5.41) is 10.9. The Hall–Kier alpha value is -1.69. The third-order valence-electron chi connectivity index (χ3n) is 1.43. The first-order valence-corrected chi connectivity index (χ1v) is 3.43. The summed E-state index contributed by atoms with van der Waals surface area (Å²) in [6.45, 7) is 0.285. The van der Waals surface area contributed by atoms with E-state index in [4.69, 9.17) is 10.2 Å². The molecular weight excluding hydrogens is 158 g/mol. The summed E-state index contributed by atoms with van der Waals surface area (Å²) >= 11 is 0. The van der Waals surface area contributed by atoms with Gasteiger partial charge in [-0.2, -0.15) is 4.68 Å². The van der Waals surface area contributed by atoms with Crippen LogP contribution in [0.25, 0.3) is 5.88 Å². The van der Waals surface area contributed by atoms with Gasteiger partial charge in [-0.1, -0.05) is 0 Å². The minimum atomic E-state index is 0.285. The number of nitrogens with zero attached hydrogens (tertiary/aromatic N) is 4. The number of tetrazole rings is 1. The lowest BCUT2D eigenvalue weighted by Crippen LogP contribution is -2.07. The molecule has 0 aromatic carbocycles. The molecule has 2 N–H and O–H groups in total. The normalized spacial score (nSPS) is 10.4. The molecule has 2 heterocycles. The highest BCUT2D eigenvalue weighted by molar-refractivity contribution is 5.16. The SMILES string of the molecule is NCc1nnnn1-c1ccco1. The van der Waals surface area contributed by atoms with E-state index < -0.39 is 0 Å². The van der Waals surface area contributed by atoms with E-state index in [2.05, 4.69) is 15.5 Å². The molecule has 0 aliphatic heterocycles. The molecule has 0 unspecified atom stereocenters. The highest BCUT2D eigenvalue weighted by atomic mass is 16.3. The van der Waals surface area contributed by atoms with E-state index in [0.717, 1.165) is 0 Å². The number of hydrogen-bond donors (Lipinski definition) is 1. The zero-order valence-electron chi connectivity index (χ0n) is 6.21. The fraction of sp³-hybridized carbons (Fsp3) is 0.167. The van der Waals surface area contributed by atoms with Gasteiger partial charge in [0.1, 0.15) is 0 Å².